The average molecular weight is 397 g/mol. The van der Waals surface area contributed by atoms with Crippen molar-refractivity contribution in [1.82, 2.24) is 9.55 Å². The van der Waals surface area contributed by atoms with Gasteiger partial charge in [0.15, 0.2) is 11.9 Å². The third kappa shape index (κ3) is 3.61. The van der Waals surface area contributed by atoms with Crippen LogP contribution in [0.4, 0.5) is 5.69 Å². The Morgan fingerprint density at radius 2 is 2.14 bits per heavy atom. The van der Waals surface area contributed by atoms with Crippen molar-refractivity contribution in [3.8, 4) is 11.4 Å². The second kappa shape index (κ2) is 7.65. The SMILES string of the molecule is Cc1ccc(-n2ccnc2SCc2cc([N+](=O)[O-])cc3c2OCOC3)c(C)c1. The highest BCUT2D eigenvalue weighted by atomic mass is 32.2. The number of non-ortho nitro benzene ring substituents is 1. The van der Waals surface area contributed by atoms with Gasteiger partial charge in [0.2, 0.25) is 0 Å². The Bertz CT molecular complexity index is 1050. The lowest BCUT2D eigenvalue weighted by molar-refractivity contribution is -0.385. The number of aromatic nitrogens is 2. The van der Waals surface area contributed by atoms with E-state index in [4.69, 9.17) is 9.47 Å². The molecule has 4 rings (SSSR count). The fraction of sp³-hybridized carbons (Fsp3) is 0.250. The molecular formula is C20H19N3O4S. The van der Waals surface area contributed by atoms with E-state index in [2.05, 4.69) is 37.0 Å². The Labute approximate surface area is 166 Å². The zero-order valence-corrected chi connectivity index (χ0v) is 16.4. The summed E-state index contributed by atoms with van der Waals surface area (Å²) in [5.74, 6) is 1.18. The van der Waals surface area contributed by atoms with Crippen LogP contribution in [0.15, 0.2) is 47.9 Å². The van der Waals surface area contributed by atoms with Gasteiger partial charge in [-0.25, -0.2) is 4.98 Å². The molecule has 2 heterocycles. The second-order valence-corrected chi connectivity index (χ2v) is 7.56. The first-order valence-corrected chi connectivity index (χ1v) is 9.76. The summed E-state index contributed by atoms with van der Waals surface area (Å²) in [7, 11) is 0. The number of benzene rings is 2. The van der Waals surface area contributed by atoms with Crippen molar-refractivity contribution in [3.05, 3.63) is 75.1 Å². The van der Waals surface area contributed by atoms with Gasteiger partial charge in [0.25, 0.3) is 5.69 Å². The highest BCUT2D eigenvalue weighted by molar-refractivity contribution is 7.98. The number of ether oxygens (including phenoxy) is 2. The molecule has 0 unspecified atom stereocenters. The Morgan fingerprint density at radius 3 is 2.93 bits per heavy atom. The van der Waals surface area contributed by atoms with E-state index in [0.29, 0.717) is 23.7 Å². The van der Waals surface area contributed by atoms with Crippen LogP contribution in [0.25, 0.3) is 5.69 Å². The molecule has 1 aliphatic heterocycles. The lowest BCUT2D eigenvalue weighted by Gasteiger charge is -2.20. The number of hydrogen-bond acceptors (Lipinski definition) is 6. The zero-order valence-electron chi connectivity index (χ0n) is 15.5. The Morgan fingerprint density at radius 1 is 1.29 bits per heavy atom. The average Bonchev–Trinajstić information content (AvgIpc) is 3.14. The molecule has 0 amide bonds. The normalized spacial score (nSPS) is 13.1. The quantitative estimate of drug-likeness (QED) is 0.357. The van der Waals surface area contributed by atoms with Crippen LogP contribution in [-0.4, -0.2) is 21.3 Å². The summed E-state index contributed by atoms with van der Waals surface area (Å²) in [5.41, 5.74) is 4.95. The van der Waals surface area contributed by atoms with Gasteiger partial charge in [-0.15, -0.1) is 0 Å². The number of nitrogens with zero attached hydrogens (tertiary/aromatic N) is 3. The van der Waals surface area contributed by atoms with Gasteiger partial charge in [0.05, 0.1) is 17.2 Å². The van der Waals surface area contributed by atoms with Crippen molar-refractivity contribution in [2.45, 2.75) is 31.4 Å². The highest BCUT2D eigenvalue weighted by Gasteiger charge is 2.21. The molecule has 144 valence electrons. The van der Waals surface area contributed by atoms with E-state index in [9.17, 15) is 10.1 Å². The van der Waals surface area contributed by atoms with Crippen LogP contribution in [0.1, 0.15) is 22.3 Å². The maximum absolute atomic E-state index is 11.3. The molecule has 0 fully saturated rings. The number of nitro groups is 1. The Hall–Kier alpha value is -2.84. The van der Waals surface area contributed by atoms with E-state index in [1.54, 1.807) is 12.3 Å². The van der Waals surface area contributed by atoms with Crippen LogP contribution < -0.4 is 4.74 Å². The lowest BCUT2D eigenvalue weighted by Crippen LogP contribution is -2.13. The summed E-state index contributed by atoms with van der Waals surface area (Å²) in [6, 6.07) is 9.36. The van der Waals surface area contributed by atoms with Crippen molar-refractivity contribution >= 4 is 17.4 Å². The minimum absolute atomic E-state index is 0.0428. The molecule has 0 radical (unpaired) electrons. The molecule has 7 nitrogen and oxygen atoms in total. The van der Waals surface area contributed by atoms with Crippen molar-refractivity contribution < 1.29 is 14.4 Å². The van der Waals surface area contributed by atoms with Crippen LogP contribution in [0.2, 0.25) is 0 Å². The molecule has 3 aromatic rings. The van der Waals surface area contributed by atoms with Gasteiger partial charge in [-0.2, -0.15) is 0 Å². The Kier molecular flexibility index (Phi) is 5.06. The molecule has 1 aromatic heterocycles. The van der Waals surface area contributed by atoms with Crippen LogP contribution >= 0.6 is 11.8 Å². The molecule has 0 bridgehead atoms. The molecule has 2 aromatic carbocycles. The summed E-state index contributed by atoms with van der Waals surface area (Å²) < 4.78 is 12.9. The molecule has 0 aliphatic carbocycles. The van der Waals surface area contributed by atoms with Gasteiger partial charge in [0, 0.05) is 41.4 Å². The monoisotopic (exact) mass is 397 g/mol. The molecule has 0 atom stereocenters. The standard InChI is InChI=1S/C20H19N3O4S/c1-13-3-4-18(14(2)7-13)22-6-5-21-20(22)28-11-16-9-17(23(24)25)8-15-10-26-12-27-19(15)16/h3-9H,10-12H2,1-2H3. The molecule has 0 saturated carbocycles. The maximum atomic E-state index is 11.3. The van der Waals surface area contributed by atoms with E-state index in [1.807, 2.05) is 10.8 Å². The third-order valence-corrected chi connectivity index (χ3v) is 5.57. The molecule has 0 N–H and O–H groups in total. The van der Waals surface area contributed by atoms with E-state index in [0.717, 1.165) is 22.0 Å². The first-order valence-electron chi connectivity index (χ1n) is 8.77. The molecule has 0 saturated heterocycles. The second-order valence-electron chi connectivity index (χ2n) is 6.62. The first kappa shape index (κ1) is 18.5. The number of nitro benzene ring substituents is 1. The topological polar surface area (TPSA) is 79.4 Å². The molecular weight excluding hydrogens is 378 g/mol. The maximum Gasteiger partial charge on any atom is 0.270 e. The van der Waals surface area contributed by atoms with Gasteiger partial charge in [0.1, 0.15) is 5.75 Å². The fourth-order valence-corrected chi connectivity index (χ4v) is 4.22. The van der Waals surface area contributed by atoms with E-state index in [1.165, 1.54) is 23.4 Å². The van der Waals surface area contributed by atoms with Gasteiger partial charge < -0.3 is 9.47 Å². The van der Waals surface area contributed by atoms with E-state index in [-0.39, 0.29) is 17.4 Å². The van der Waals surface area contributed by atoms with Gasteiger partial charge in [-0.1, -0.05) is 29.5 Å². The first-order chi connectivity index (χ1) is 13.5. The van der Waals surface area contributed by atoms with Gasteiger partial charge >= 0.3 is 0 Å². The van der Waals surface area contributed by atoms with Gasteiger partial charge in [-0.05, 0) is 25.5 Å². The zero-order chi connectivity index (χ0) is 19.7. The number of hydrogen-bond donors (Lipinski definition) is 0. The molecule has 1 aliphatic rings. The van der Waals surface area contributed by atoms with Gasteiger partial charge in [-0.3, -0.25) is 14.7 Å². The molecule has 0 spiro atoms. The van der Waals surface area contributed by atoms with Crippen LogP contribution in [0.5, 0.6) is 5.75 Å². The minimum atomic E-state index is -0.389. The molecule has 28 heavy (non-hydrogen) atoms. The summed E-state index contributed by atoms with van der Waals surface area (Å²) in [4.78, 5) is 15.4. The largest absolute Gasteiger partial charge is 0.467 e. The summed E-state index contributed by atoms with van der Waals surface area (Å²) in [5, 5.41) is 12.1. The van der Waals surface area contributed by atoms with Crippen molar-refractivity contribution in [2.24, 2.45) is 0 Å². The van der Waals surface area contributed by atoms with E-state index < -0.39 is 0 Å². The van der Waals surface area contributed by atoms with Crippen molar-refractivity contribution in [3.63, 3.8) is 0 Å². The smallest absolute Gasteiger partial charge is 0.270 e. The highest BCUT2D eigenvalue weighted by Crippen LogP contribution is 2.36. The third-order valence-electron chi connectivity index (χ3n) is 4.56. The van der Waals surface area contributed by atoms with Crippen LogP contribution in [-0.2, 0) is 17.1 Å². The predicted molar refractivity (Wildman–Crippen MR) is 106 cm³/mol. The summed E-state index contributed by atoms with van der Waals surface area (Å²) in [6.45, 7) is 4.60. The number of rotatable bonds is 5. The van der Waals surface area contributed by atoms with Crippen LogP contribution in [0.3, 0.4) is 0 Å². The number of fused-ring (bicyclic) bond motifs is 1. The van der Waals surface area contributed by atoms with E-state index >= 15 is 0 Å². The number of aryl methyl sites for hydroxylation is 2. The van der Waals surface area contributed by atoms with Crippen LogP contribution in [0, 0.1) is 24.0 Å². The Balaban J connectivity index is 1.63. The number of thioether (sulfide) groups is 1. The molecule has 8 heteroatoms. The summed E-state index contributed by atoms with van der Waals surface area (Å²) in [6.07, 6.45) is 3.68. The van der Waals surface area contributed by atoms with Crippen molar-refractivity contribution in [1.29, 1.82) is 0 Å². The number of imidazole rings is 1. The van der Waals surface area contributed by atoms with Crippen molar-refractivity contribution in [2.75, 3.05) is 6.79 Å². The fourth-order valence-electron chi connectivity index (χ4n) is 3.29. The minimum Gasteiger partial charge on any atom is -0.467 e. The lowest BCUT2D eigenvalue weighted by atomic mass is 10.1. The summed E-state index contributed by atoms with van der Waals surface area (Å²) >= 11 is 1.52. The predicted octanol–water partition coefficient (Wildman–Crippen LogP) is 4.56.